The van der Waals surface area contributed by atoms with E-state index in [0.717, 1.165) is 22.9 Å². The summed E-state index contributed by atoms with van der Waals surface area (Å²) in [6.45, 7) is 2.41. The summed E-state index contributed by atoms with van der Waals surface area (Å²) in [6.07, 6.45) is 4.18. The van der Waals surface area contributed by atoms with Gasteiger partial charge in [0.25, 0.3) is 5.91 Å². The topological polar surface area (TPSA) is 88.1 Å². The zero-order chi connectivity index (χ0) is 21.2. The van der Waals surface area contributed by atoms with Crippen LogP contribution in [0.3, 0.4) is 0 Å². The molecule has 2 aromatic carbocycles. The number of carbonyl (C=O) groups is 2. The van der Waals surface area contributed by atoms with Crippen molar-refractivity contribution in [3.63, 3.8) is 0 Å². The number of hydroxylamine groups is 1. The standard InChI is InChI=1S/C23H28N2O5/c26-22(24-28)12-3-1-2-8-19(23(27)25-13-15-29-16-14-25)17-30-21-11-6-9-18-7-4-5-10-20(18)21/h4-11,28H,1-3,12-17H2,(H,24,26)/b19-8-. The van der Waals surface area contributed by atoms with Gasteiger partial charge in [-0.15, -0.1) is 0 Å². The van der Waals surface area contributed by atoms with Gasteiger partial charge in [0.2, 0.25) is 5.91 Å². The molecule has 0 saturated carbocycles. The van der Waals surface area contributed by atoms with Crippen LogP contribution < -0.4 is 10.2 Å². The van der Waals surface area contributed by atoms with E-state index < -0.39 is 5.91 Å². The molecule has 0 aromatic heterocycles. The van der Waals surface area contributed by atoms with E-state index in [1.54, 1.807) is 10.4 Å². The quantitative estimate of drug-likeness (QED) is 0.286. The van der Waals surface area contributed by atoms with Crippen LogP contribution in [0.4, 0.5) is 0 Å². The van der Waals surface area contributed by atoms with E-state index in [9.17, 15) is 9.59 Å². The van der Waals surface area contributed by atoms with E-state index in [0.29, 0.717) is 44.7 Å². The van der Waals surface area contributed by atoms with Crippen LogP contribution in [0.15, 0.2) is 54.1 Å². The Hall–Kier alpha value is -2.90. The van der Waals surface area contributed by atoms with Gasteiger partial charge in [-0.2, -0.15) is 0 Å². The summed E-state index contributed by atoms with van der Waals surface area (Å²) < 4.78 is 11.4. The fourth-order valence-electron chi connectivity index (χ4n) is 3.42. The highest BCUT2D eigenvalue weighted by molar-refractivity contribution is 5.94. The van der Waals surface area contributed by atoms with E-state index >= 15 is 0 Å². The van der Waals surface area contributed by atoms with Crippen LogP contribution in [-0.4, -0.2) is 54.8 Å². The average Bonchev–Trinajstić information content (AvgIpc) is 2.80. The molecule has 30 heavy (non-hydrogen) atoms. The van der Waals surface area contributed by atoms with Crippen LogP contribution in [0, 0.1) is 0 Å². The minimum absolute atomic E-state index is 0.0355. The minimum atomic E-state index is -0.400. The van der Waals surface area contributed by atoms with Crippen molar-refractivity contribution in [1.82, 2.24) is 10.4 Å². The molecule has 1 aliphatic rings. The lowest BCUT2D eigenvalue weighted by atomic mass is 10.1. The lowest BCUT2D eigenvalue weighted by Gasteiger charge is -2.28. The third kappa shape index (κ3) is 6.05. The highest BCUT2D eigenvalue weighted by atomic mass is 16.5. The first-order chi connectivity index (χ1) is 14.7. The van der Waals surface area contributed by atoms with Gasteiger partial charge in [0.05, 0.1) is 18.8 Å². The maximum atomic E-state index is 13.0. The Kier molecular flexibility index (Phi) is 8.23. The lowest BCUT2D eigenvalue weighted by molar-refractivity contribution is -0.131. The molecule has 1 fully saturated rings. The Bertz CT molecular complexity index is 885. The number of carbonyl (C=O) groups excluding carboxylic acids is 2. The van der Waals surface area contributed by atoms with Gasteiger partial charge in [-0.05, 0) is 30.7 Å². The van der Waals surface area contributed by atoms with Crippen molar-refractivity contribution in [3.05, 3.63) is 54.1 Å². The SMILES string of the molecule is O=C(CCCC/C=C(/COc1cccc2ccccc12)C(=O)N1CCOCC1)NO. The monoisotopic (exact) mass is 412 g/mol. The van der Waals surface area contributed by atoms with Crippen LogP contribution >= 0.6 is 0 Å². The summed E-state index contributed by atoms with van der Waals surface area (Å²) in [5, 5.41) is 10.7. The number of hydrogen-bond donors (Lipinski definition) is 2. The van der Waals surface area contributed by atoms with E-state index in [1.807, 2.05) is 48.5 Å². The van der Waals surface area contributed by atoms with Crippen LogP contribution in [0.25, 0.3) is 10.8 Å². The van der Waals surface area contributed by atoms with Gasteiger partial charge >= 0.3 is 0 Å². The highest BCUT2D eigenvalue weighted by Gasteiger charge is 2.21. The number of amides is 2. The number of nitrogens with one attached hydrogen (secondary N) is 1. The number of ether oxygens (including phenoxy) is 2. The summed E-state index contributed by atoms with van der Waals surface area (Å²) in [5.74, 6) is 0.308. The molecule has 0 radical (unpaired) electrons. The zero-order valence-corrected chi connectivity index (χ0v) is 17.0. The van der Waals surface area contributed by atoms with Crippen molar-refractivity contribution in [2.24, 2.45) is 0 Å². The molecule has 7 nitrogen and oxygen atoms in total. The molecule has 0 bridgehead atoms. The second-order valence-corrected chi connectivity index (χ2v) is 7.18. The second kappa shape index (κ2) is 11.3. The third-order valence-corrected chi connectivity index (χ3v) is 5.08. The molecule has 2 aromatic rings. The first-order valence-electron chi connectivity index (χ1n) is 10.3. The van der Waals surface area contributed by atoms with E-state index in [1.165, 1.54) is 0 Å². The Balaban J connectivity index is 1.67. The Morgan fingerprint density at radius 1 is 1.10 bits per heavy atom. The van der Waals surface area contributed by atoms with Crippen molar-refractivity contribution in [2.45, 2.75) is 25.7 Å². The Morgan fingerprint density at radius 2 is 1.87 bits per heavy atom. The van der Waals surface area contributed by atoms with Gasteiger partial charge in [0.15, 0.2) is 0 Å². The number of nitrogens with zero attached hydrogens (tertiary/aromatic N) is 1. The first kappa shape index (κ1) is 21.8. The van der Waals surface area contributed by atoms with Gasteiger partial charge in [0.1, 0.15) is 12.4 Å². The summed E-state index contributed by atoms with van der Waals surface area (Å²) in [4.78, 5) is 25.9. The number of fused-ring (bicyclic) bond motifs is 1. The molecular weight excluding hydrogens is 384 g/mol. The Morgan fingerprint density at radius 3 is 2.67 bits per heavy atom. The predicted octanol–water partition coefficient (Wildman–Crippen LogP) is 3.07. The molecular formula is C23H28N2O5. The van der Waals surface area contributed by atoms with Crippen molar-refractivity contribution in [1.29, 1.82) is 0 Å². The number of allylic oxidation sites excluding steroid dienone is 1. The summed E-state index contributed by atoms with van der Waals surface area (Å²) in [6, 6.07) is 13.9. The number of morpholine rings is 1. The fraction of sp³-hybridized carbons (Fsp3) is 0.391. The second-order valence-electron chi connectivity index (χ2n) is 7.18. The highest BCUT2D eigenvalue weighted by Crippen LogP contribution is 2.25. The summed E-state index contributed by atoms with van der Waals surface area (Å²) >= 11 is 0. The van der Waals surface area contributed by atoms with Gasteiger partial charge < -0.3 is 14.4 Å². The number of hydrogen-bond acceptors (Lipinski definition) is 5. The minimum Gasteiger partial charge on any atom is -0.488 e. The van der Waals surface area contributed by atoms with Crippen molar-refractivity contribution < 1.29 is 24.3 Å². The largest absolute Gasteiger partial charge is 0.488 e. The molecule has 0 aliphatic carbocycles. The molecule has 160 valence electrons. The molecule has 2 amide bonds. The molecule has 0 unspecified atom stereocenters. The van der Waals surface area contributed by atoms with Gasteiger partial charge in [-0.25, -0.2) is 5.48 Å². The lowest BCUT2D eigenvalue weighted by Crippen LogP contribution is -2.42. The smallest absolute Gasteiger partial charge is 0.253 e. The molecule has 3 rings (SSSR count). The van der Waals surface area contributed by atoms with Gasteiger partial charge in [0, 0.05) is 24.9 Å². The fourth-order valence-corrected chi connectivity index (χ4v) is 3.42. The summed E-state index contributed by atoms with van der Waals surface area (Å²) in [7, 11) is 0. The van der Waals surface area contributed by atoms with E-state index in [-0.39, 0.29) is 18.9 Å². The molecule has 0 atom stereocenters. The maximum absolute atomic E-state index is 13.0. The molecule has 1 heterocycles. The van der Waals surface area contributed by atoms with Gasteiger partial charge in [-0.1, -0.05) is 42.5 Å². The zero-order valence-electron chi connectivity index (χ0n) is 17.0. The molecule has 7 heteroatoms. The van der Waals surface area contributed by atoms with Crippen molar-refractivity contribution in [2.75, 3.05) is 32.9 Å². The van der Waals surface area contributed by atoms with Crippen LogP contribution in [-0.2, 0) is 14.3 Å². The summed E-state index contributed by atoms with van der Waals surface area (Å²) in [5.41, 5.74) is 2.24. The van der Waals surface area contributed by atoms with Gasteiger partial charge in [-0.3, -0.25) is 14.8 Å². The number of benzene rings is 2. The molecule has 2 N–H and O–H groups in total. The van der Waals surface area contributed by atoms with E-state index in [4.69, 9.17) is 14.7 Å². The molecule has 1 saturated heterocycles. The molecule has 0 spiro atoms. The third-order valence-electron chi connectivity index (χ3n) is 5.08. The number of unbranched alkanes of at least 4 members (excludes halogenated alkanes) is 2. The average molecular weight is 412 g/mol. The van der Waals surface area contributed by atoms with E-state index in [2.05, 4.69) is 0 Å². The first-order valence-corrected chi connectivity index (χ1v) is 10.3. The van der Waals surface area contributed by atoms with Crippen molar-refractivity contribution >= 4 is 22.6 Å². The maximum Gasteiger partial charge on any atom is 0.253 e. The van der Waals surface area contributed by atoms with Crippen molar-refractivity contribution in [3.8, 4) is 5.75 Å². The van der Waals surface area contributed by atoms with Crippen LogP contribution in [0.2, 0.25) is 0 Å². The van der Waals surface area contributed by atoms with Crippen LogP contribution in [0.1, 0.15) is 25.7 Å². The Labute approximate surface area is 176 Å². The number of rotatable bonds is 9. The van der Waals surface area contributed by atoms with Crippen LogP contribution in [0.5, 0.6) is 5.75 Å². The predicted molar refractivity (Wildman–Crippen MR) is 113 cm³/mol. The molecule has 1 aliphatic heterocycles. The normalized spacial score (nSPS) is 14.6.